The van der Waals surface area contributed by atoms with E-state index in [9.17, 15) is 9.59 Å². The fourth-order valence-electron chi connectivity index (χ4n) is 2.91. The second-order valence-corrected chi connectivity index (χ2v) is 5.64. The number of aliphatic imine (C=N–C) groups is 1. The molecule has 2 aliphatic rings. The summed E-state index contributed by atoms with van der Waals surface area (Å²) in [6, 6.07) is 7.39. The Kier molecular flexibility index (Phi) is 5.10. The molecule has 0 atom stereocenters. The minimum atomic E-state index is -0.186. The molecule has 1 N–H and O–H groups in total. The van der Waals surface area contributed by atoms with Gasteiger partial charge in [0.1, 0.15) is 12.4 Å². The molecular formula is C17H22N4O3. The van der Waals surface area contributed by atoms with Crippen molar-refractivity contribution in [2.24, 2.45) is 4.99 Å². The lowest BCUT2D eigenvalue weighted by atomic mass is 10.1. The van der Waals surface area contributed by atoms with E-state index in [-0.39, 0.29) is 18.5 Å². The molecule has 7 nitrogen and oxygen atoms in total. The molecule has 2 heterocycles. The Balaban J connectivity index is 1.67. The largest absolute Gasteiger partial charge is 0.382 e. The molecule has 24 heavy (non-hydrogen) atoms. The van der Waals surface area contributed by atoms with E-state index in [1.54, 1.807) is 4.90 Å². The number of amides is 3. The topological polar surface area (TPSA) is 74.2 Å². The number of nitrogens with one attached hydrogen (secondary N) is 1. The average Bonchev–Trinajstić information content (AvgIpc) is 3.08. The zero-order chi connectivity index (χ0) is 16.9. The molecule has 128 valence electrons. The van der Waals surface area contributed by atoms with E-state index in [2.05, 4.69) is 10.3 Å². The standard InChI is InChI=1S/C17H22N4O3/c1-2-24-11-5-8-18-15(22)12-21-14-7-4-3-6-13(14)16-19-9-10-20(16)17(21)23/h3-4,6-7H,2,5,8-12H2,1H3,(H,18,22). The minimum absolute atomic E-state index is 0.00820. The Morgan fingerprint density at radius 3 is 3.04 bits per heavy atom. The number of para-hydroxylation sites is 1. The SMILES string of the molecule is CCOCCCNC(=O)CN1C(=O)N2CCN=C2c2ccccc21. The lowest BCUT2D eigenvalue weighted by Gasteiger charge is -2.34. The van der Waals surface area contributed by atoms with Crippen molar-refractivity contribution in [1.29, 1.82) is 0 Å². The summed E-state index contributed by atoms with van der Waals surface area (Å²) < 4.78 is 5.24. The van der Waals surface area contributed by atoms with Crippen LogP contribution in [0.4, 0.5) is 10.5 Å². The van der Waals surface area contributed by atoms with Gasteiger partial charge in [-0.05, 0) is 25.5 Å². The summed E-state index contributed by atoms with van der Waals surface area (Å²) in [6.45, 7) is 4.95. The summed E-state index contributed by atoms with van der Waals surface area (Å²) in [6.07, 6.45) is 0.757. The summed E-state index contributed by atoms with van der Waals surface area (Å²) in [7, 11) is 0. The van der Waals surface area contributed by atoms with Crippen molar-refractivity contribution < 1.29 is 14.3 Å². The fraction of sp³-hybridized carbons (Fsp3) is 0.471. The van der Waals surface area contributed by atoms with Crippen LogP contribution < -0.4 is 10.2 Å². The van der Waals surface area contributed by atoms with Crippen LogP contribution in [0.5, 0.6) is 0 Å². The number of fused-ring (bicyclic) bond motifs is 3. The van der Waals surface area contributed by atoms with Crippen LogP contribution >= 0.6 is 0 Å². The van der Waals surface area contributed by atoms with Gasteiger partial charge in [0.05, 0.1) is 12.2 Å². The van der Waals surface area contributed by atoms with Gasteiger partial charge < -0.3 is 10.1 Å². The molecular weight excluding hydrogens is 308 g/mol. The van der Waals surface area contributed by atoms with Crippen LogP contribution in [0.1, 0.15) is 18.9 Å². The van der Waals surface area contributed by atoms with E-state index in [1.165, 1.54) is 4.90 Å². The summed E-state index contributed by atoms with van der Waals surface area (Å²) in [5.41, 5.74) is 1.64. The van der Waals surface area contributed by atoms with Gasteiger partial charge in [-0.3, -0.25) is 19.6 Å². The van der Waals surface area contributed by atoms with Gasteiger partial charge in [-0.25, -0.2) is 4.79 Å². The van der Waals surface area contributed by atoms with Crippen molar-refractivity contribution in [2.45, 2.75) is 13.3 Å². The van der Waals surface area contributed by atoms with Gasteiger partial charge in [-0.2, -0.15) is 0 Å². The lowest BCUT2D eigenvalue weighted by molar-refractivity contribution is -0.119. The van der Waals surface area contributed by atoms with Crippen molar-refractivity contribution >= 4 is 23.5 Å². The van der Waals surface area contributed by atoms with Gasteiger partial charge >= 0.3 is 6.03 Å². The maximum absolute atomic E-state index is 12.7. The van der Waals surface area contributed by atoms with Crippen LogP contribution in [0, 0.1) is 0 Å². The quantitative estimate of drug-likeness (QED) is 0.764. The van der Waals surface area contributed by atoms with Gasteiger partial charge in [0, 0.05) is 31.9 Å². The predicted molar refractivity (Wildman–Crippen MR) is 91.4 cm³/mol. The van der Waals surface area contributed by atoms with Crippen LogP contribution in [0.25, 0.3) is 0 Å². The zero-order valence-corrected chi connectivity index (χ0v) is 13.8. The number of ether oxygens (including phenoxy) is 1. The highest BCUT2D eigenvalue weighted by Crippen LogP contribution is 2.30. The Labute approximate surface area is 141 Å². The second kappa shape index (κ2) is 7.44. The maximum atomic E-state index is 12.7. The van der Waals surface area contributed by atoms with Crippen molar-refractivity contribution in [3.05, 3.63) is 29.8 Å². The normalized spacial score (nSPS) is 15.9. The highest BCUT2D eigenvalue weighted by molar-refractivity contribution is 6.20. The number of anilines is 1. The van der Waals surface area contributed by atoms with Gasteiger partial charge in [0.15, 0.2) is 0 Å². The number of carbonyl (C=O) groups is 2. The van der Waals surface area contributed by atoms with E-state index < -0.39 is 0 Å². The lowest BCUT2D eigenvalue weighted by Crippen LogP contribution is -2.52. The number of nitrogens with zero attached hydrogens (tertiary/aromatic N) is 3. The minimum Gasteiger partial charge on any atom is -0.382 e. The molecule has 3 amide bonds. The molecule has 0 spiro atoms. The van der Waals surface area contributed by atoms with E-state index >= 15 is 0 Å². The molecule has 1 aromatic carbocycles. The number of hydrogen-bond donors (Lipinski definition) is 1. The molecule has 0 aliphatic carbocycles. The molecule has 7 heteroatoms. The Morgan fingerprint density at radius 2 is 2.21 bits per heavy atom. The van der Waals surface area contributed by atoms with Crippen LogP contribution in [0.2, 0.25) is 0 Å². The van der Waals surface area contributed by atoms with Crippen LogP contribution in [0.15, 0.2) is 29.3 Å². The molecule has 0 bridgehead atoms. The summed E-state index contributed by atoms with van der Waals surface area (Å²) >= 11 is 0. The molecule has 0 aromatic heterocycles. The number of benzene rings is 1. The molecule has 3 rings (SSSR count). The fourth-order valence-corrected chi connectivity index (χ4v) is 2.91. The number of rotatable bonds is 7. The van der Waals surface area contributed by atoms with Crippen LogP contribution in [-0.4, -0.2) is 62.1 Å². The van der Waals surface area contributed by atoms with Crippen molar-refractivity contribution in [3.63, 3.8) is 0 Å². The Bertz CT molecular complexity index is 659. The van der Waals surface area contributed by atoms with Gasteiger partial charge in [-0.1, -0.05) is 12.1 Å². The number of hydrogen-bond acceptors (Lipinski definition) is 4. The molecule has 1 aromatic rings. The van der Waals surface area contributed by atoms with E-state index in [1.807, 2.05) is 31.2 Å². The summed E-state index contributed by atoms with van der Waals surface area (Å²) in [4.78, 5) is 32.5. The van der Waals surface area contributed by atoms with Gasteiger partial charge in [-0.15, -0.1) is 0 Å². The summed E-state index contributed by atoms with van der Waals surface area (Å²) in [5, 5.41) is 2.84. The smallest absolute Gasteiger partial charge is 0.330 e. The van der Waals surface area contributed by atoms with Crippen LogP contribution in [-0.2, 0) is 9.53 Å². The van der Waals surface area contributed by atoms with E-state index in [0.29, 0.717) is 38.7 Å². The Hall–Kier alpha value is -2.41. The third kappa shape index (κ3) is 3.26. The van der Waals surface area contributed by atoms with E-state index in [0.717, 1.165) is 17.7 Å². The molecule has 0 saturated carbocycles. The van der Waals surface area contributed by atoms with E-state index in [4.69, 9.17) is 4.74 Å². The predicted octanol–water partition coefficient (Wildman–Crippen LogP) is 1.23. The van der Waals surface area contributed by atoms with Gasteiger partial charge in [0.25, 0.3) is 0 Å². The van der Waals surface area contributed by atoms with Crippen LogP contribution in [0.3, 0.4) is 0 Å². The molecule has 0 radical (unpaired) electrons. The highest BCUT2D eigenvalue weighted by Gasteiger charge is 2.37. The zero-order valence-electron chi connectivity index (χ0n) is 13.8. The first-order valence-corrected chi connectivity index (χ1v) is 8.29. The third-order valence-electron chi connectivity index (χ3n) is 4.03. The average molecular weight is 330 g/mol. The number of amidine groups is 1. The molecule has 0 saturated heterocycles. The maximum Gasteiger partial charge on any atom is 0.330 e. The first kappa shape index (κ1) is 16.4. The van der Waals surface area contributed by atoms with Crippen molar-refractivity contribution in [3.8, 4) is 0 Å². The van der Waals surface area contributed by atoms with Crippen molar-refractivity contribution in [2.75, 3.05) is 44.3 Å². The number of urea groups is 1. The molecule has 2 aliphatic heterocycles. The second-order valence-electron chi connectivity index (χ2n) is 5.64. The number of carbonyl (C=O) groups excluding carboxylic acids is 2. The highest BCUT2D eigenvalue weighted by atomic mass is 16.5. The first-order valence-electron chi connectivity index (χ1n) is 8.29. The molecule has 0 unspecified atom stereocenters. The van der Waals surface area contributed by atoms with Gasteiger partial charge in [0.2, 0.25) is 5.91 Å². The first-order chi connectivity index (χ1) is 11.7. The monoisotopic (exact) mass is 330 g/mol. The Morgan fingerprint density at radius 1 is 1.38 bits per heavy atom. The third-order valence-corrected chi connectivity index (χ3v) is 4.03. The molecule has 0 fully saturated rings. The summed E-state index contributed by atoms with van der Waals surface area (Å²) in [5.74, 6) is 0.540. The van der Waals surface area contributed by atoms with Crippen molar-refractivity contribution in [1.82, 2.24) is 10.2 Å².